The molecule has 0 atom stereocenters. The van der Waals surface area contributed by atoms with Gasteiger partial charge in [-0.25, -0.2) is 15.0 Å². The average molecular weight is 425 g/mol. The highest BCUT2D eigenvalue weighted by Crippen LogP contribution is 2.36. The van der Waals surface area contributed by atoms with Gasteiger partial charge in [0, 0.05) is 18.5 Å². The fourth-order valence-corrected chi connectivity index (χ4v) is 3.71. The summed E-state index contributed by atoms with van der Waals surface area (Å²) in [6, 6.07) is 3.29. The molecule has 0 radical (unpaired) electrons. The van der Waals surface area contributed by atoms with Crippen LogP contribution in [-0.4, -0.2) is 19.5 Å². The molecule has 3 rings (SSSR count). The summed E-state index contributed by atoms with van der Waals surface area (Å²) in [5.74, 6) is 0.889. The van der Waals surface area contributed by atoms with Crippen molar-refractivity contribution in [3.05, 3.63) is 40.9 Å². The zero-order valence-corrected chi connectivity index (χ0v) is 17.3. The van der Waals surface area contributed by atoms with Crippen LogP contribution in [0.3, 0.4) is 0 Å². The zero-order valence-electron chi connectivity index (χ0n) is 16.6. The number of unbranched alkanes of at least 4 members (excludes halogenated alkanes) is 4. The monoisotopic (exact) mass is 424 g/mol. The Morgan fingerprint density at radius 1 is 1.03 bits per heavy atom. The largest absolute Gasteiger partial charge is 0.416 e. The molecule has 0 spiro atoms. The summed E-state index contributed by atoms with van der Waals surface area (Å²) in [4.78, 5) is 13.4. The second kappa shape index (κ2) is 9.11. The Morgan fingerprint density at radius 3 is 2.45 bits per heavy atom. The van der Waals surface area contributed by atoms with Crippen LogP contribution >= 0.6 is 11.6 Å². The van der Waals surface area contributed by atoms with Crippen LogP contribution in [0, 0.1) is 0 Å². The molecule has 0 aliphatic carbocycles. The summed E-state index contributed by atoms with van der Waals surface area (Å²) >= 11 is 6.19. The molecule has 0 amide bonds. The molecule has 2 aromatic heterocycles. The molecule has 0 unspecified atom stereocenters. The molecule has 8 heteroatoms. The molecule has 0 saturated carbocycles. The summed E-state index contributed by atoms with van der Waals surface area (Å²) in [6.07, 6.45) is 3.48. The molecule has 4 nitrogen and oxygen atoms in total. The number of rotatable bonds is 8. The molecular formula is C21H24ClF3N4. The lowest BCUT2D eigenvalue weighted by Crippen LogP contribution is -2.05. The third-order valence-corrected chi connectivity index (χ3v) is 5.28. The van der Waals surface area contributed by atoms with E-state index in [1.165, 1.54) is 31.7 Å². The van der Waals surface area contributed by atoms with Crippen LogP contribution in [0.1, 0.15) is 57.3 Å². The Balaban J connectivity index is 1.98. The Hall–Kier alpha value is -2.15. The maximum absolute atomic E-state index is 13.0. The van der Waals surface area contributed by atoms with E-state index in [2.05, 4.69) is 21.5 Å². The smallest absolute Gasteiger partial charge is 0.313 e. The molecule has 156 valence electrons. The van der Waals surface area contributed by atoms with E-state index in [9.17, 15) is 13.2 Å². The van der Waals surface area contributed by atoms with Crippen LogP contribution in [0.5, 0.6) is 0 Å². The van der Waals surface area contributed by atoms with E-state index in [0.29, 0.717) is 22.4 Å². The molecule has 0 aliphatic rings. The standard InChI is InChI=1S/C21H24ClF3N4/c1-3-5-6-7-8-11-29-17(4-2)28-19-18(26-13-27-20(19)29)15-10-9-14(12-16(15)22)21(23,24)25/h9-10,12-13H,3-8,11H2,1-2H3. The van der Waals surface area contributed by atoms with Crippen molar-refractivity contribution in [2.75, 3.05) is 0 Å². The Morgan fingerprint density at radius 2 is 1.79 bits per heavy atom. The second-order valence-electron chi connectivity index (χ2n) is 7.03. The predicted octanol–water partition coefficient (Wildman–Crippen LogP) is 6.70. The Labute approximate surface area is 173 Å². The Bertz CT molecular complexity index is 982. The van der Waals surface area contributed by atoms with Crippen molar-refractivity contribution < 1.29 is 13.2 Å². The quantitative estimate of drug-likeness (QED) is 0.378. The average Bonchev–Trinajstić information content (AvgIpc) is 3.05. The van der Waals surface area contributed by atoms with Gasteiger partial charge in [-0.1, -0.05) is 57.2 Å². The van der Waals surface area contributed by atoms with Crippen molar-refractivity contribution >= 4 is 22.8 Å². The third-order valence-electron chi connectivity index (χ3n) is 4.96. The number of aromatic nitrogens is 4. The summed E-state index contributed by atoms with van der Waals surface area (Å²) in [7, 11) is 0. The summed E-state index contributed by atoms with van der Waals surface area (Å²) in [6.45, 7) is 5.01. The zero-order chi connectivity index (χ0) is 21.0. The molecular weight excluding hydrogens is 401 g/mol. The SMILES string of the molecule is CCCCCCCn1c(CC)nc2c(-c3ccc(C(F)(F)F)cc3Cl)ncnc21. The van der Waals surface area contributed by atoms with Crippen LogP contribution < -0.4 is 0 Å². The fraction of sp³-hybridized carbons (Fsp3) is 0.476. The molecule has 0 bridgehead atoms. The van der Waals surface area contributed by atoms with E-state index in [-0.39, 0.29) is 5.02 Å². The number of nitrogens with zero attached hydrogens (tertiary/aromatic N) is 4. The number of benzene rings is 1. The van der Waals surface area contributed by atoms with Gasteiger partial charge in [0.1, 0.15) is 23.4 Å². The van der Waals surface area contributed by atoms with Crippen molar-refractivity contribution in [2.45, 2.75) is 65.1 Å². The molecule has 1 aromatic carbocycles. The highest BCUT2D eigenvalue weighted by Gasteiger charge is 2.31. The van der Waals surface area contributed by atoms with Gasteiger partial charge in [-0.15, -0.1) is 0 Å². The highest BCUT2D eigenvalue weighted by atomic mass is 35.5. The summed E-state index contributed by atoms with van der Waals surface area (Å²) < 4.78 is 40.9. The van der Waals surface area contributed by atoms with Gasteiger partial charge in [0.25, 0.3) is 0 Å². The molecule has 29 heavy (non-hydrogen) atoms. The van der Waals surface area contributed by atoms with E-state index in [1.54, 1.807) is 0 Å². The van der Waals surface area contributed by atoms with Gasteiger partial charge in [0.15, 0.2) is 5.65 Å². The Kier molecular flexibility index (Phi) is 6.77. The molecule has 0 fully saturated rings. The number of imidazole rings is 1. The third kappa shape index (κ3) is 4.71. The van der Waals surface area contributed by atoms with E-state index in [4.69, 9.17) is 16.6 Å². The van der Waals surface area contributed by atoms with E-state index < -0.39 is 11.7 Å². The first-order valence-electron chi connectivity index (χ1n) is 9.94. The van der Waals surface area contributed by atoms with Crippen molar-refractivity contribution in [3.63, 3.8) is 0 Å². The molecule has 0 aliphatic heterocycles. The van der Waals surface area contributed by atoms with E-state index in [1.807, 2.05) is 6.92 Å². The van der Waals surface area contributed by atoms with Crippen molar-refractivity contribution in [1.82, 2.24) is 19.5 Å². The van der Waals surface area contributed by atoms with E-state index in [0.717, 1.165) is 43.8 Å². The lowest BCUT2D eigenvalue weighted by molar-refractivity contribution is -0.137. The number of hydrogen-bond acceptors (Lipinski definition) is 3. The first kappa shape index (κ1) is 21.6. The van der Waals surface area contributed by atoms with Gasteiger partial charge in [-0.2, -0.15) is 13.2 Å². The molecule has 0 saturated heterocycles. The number of fused-ring (bicyclic) bond motifs is 1. The van der Waals surface area contributed by atoms with Gasteiger partial charge in [-0.3, -0.25) is 0 Å². The lowest BCUT2D eigenvalue weighted by atomic mass is 10.1. The predicted molar refractivity (Wildman–Crippen MR) is 109 cm³/mol. The number of hydrogen-bond donors (Lipinski definition) is 0. The van der Waals surface area contributed by atoms with Crippen LogP contribution in [0.2, 0.25) is 5.02 Å². The summed E-state index contributed by atoms with van der Waals surface area (Å²) in [5.41, 5.74) is 1.34. The second-order valence-corrected chi connectivity index (χ2v) is 7.44. The van der Waals surface area contributed by atoms with Gasteiger partial charge >= 0.3 is 6.18 Å². The first-order valence-corrected chi connectivity index (χ1v) is 10.3. The first-order chi connectivity index (χ1) is 13.9. The van der Waals surface area contributed by atoms with Crippen molar-refractivity contribution in [1.29, 1.82) is 0 Å². The topological polar surface area (TPSA) is 43.6 Å². The normalized spacial score (nSPS) is 12.1. The summed E-state index contributed by atoms with van der Waals surface area (Å²) in [5, 5.41) is -0.00742. The van der Waals surface area contributed by atoms with Crippen molar-refractivity contribution in [2.24, 2.45) is 0 Å². The van der Waals surface area contributed by atoms with Crippen molar-refractivity contribution in [3.8, 4) is 11.3 Å². The van der Waals surface area contributed by atoms with Gasteiger partial charge in [-0.05, 0) is 18.6 Å². The minimum Gasteiger partial charge on any atom is -0.313 e. The molecule has 2 heterocycles. The van der Waals surface area contributed by atoms with E-state index >= 15 is 0 Å². The minimum absolute atomic E-state index is 0.00742. The van der Waals surface area contributed by atoms with Crippen LogP contribution in [0.15, 0.2) is 24.5 Å². The fourth-order valence-electron chi connectivity index (χ4n) is 3.44. The van der Waals surface area contributed by atoms with Crippen LogP contribution in [0.25, 0.3) is 22.4 Å². The van der Waals surface area contributed by atoms with Gasteiger partial charge < -0.3 is 4.57 Å². The van der Waals surface area contributed by atoms with Gasteiger partial charge in [0.2, 0.25) is 0 Å². The molecule has 3 aromatic rings. The number of aryl methyl sites for hydroxylation is 2. The maximum Gasteiger partial charge on any atom is 0.416 e. The minimum atomic E-state index is -4.45. The van der Waals surface area contributed by atoms with Gasteiger partial charge in [0.05, 0.1) is 10.6 Å². The maximum atomic E-state index is 13.0. The number of alkyl halides is 3. The van der Waals surface area contributed by atoms with Crippen LogP contribution in [-0.2, 0) is 19.1 Å². The van der Waals surface area contributed by atoms with Crippen LogP contribution in [0.4, 0.5) is 13.2 Å². The number of halogens is 4. The highest BCUT2D eigenvalue weighted by molar-refractivity contribution is 6.33. The molecule has 0 N–H and O–H groups in total. The lowest BCUT2D eigenvalue weighted by Gasteiger charge is -2.10.